The van der Waals surface area contributed by atoms with Crippen molar-refractivity contribution in [1.82, 2.24) is 10.3 Å². The van der Waals surface area contributed by atoms with Gasteiger partial charge in [0.05, 0.1) is 18.5 Å². The van der Waals surface area contributed by atoms with E-state index in [-0.39, 0.29) is 18.2 Å². The monoisotopic (exact) mass is 341 g/mol. The van der Waals surface area contributed by atoms with Gasteiger partial charge >= 0.3 is 0 Å². The summed E-state index contributed by atoms with van der Waals surface area (Å²) in [5.41, 5.74) is 1.76. The first-order valence-corrected chi connectivity index (χ1v) is 8.32. The summed E-state index contributed by atoms with van der Waals surface area (Å²) >= 11 is 0. The summed E-state index contributed by atoms with van der Waals surface area (Å²) in [6.07, 6.45) is 4.48. The Balaban J connectivity index is 1.49. The van der Waals surface area contributed by atoms with Crippen molar-refractivity contribution in [2.75, 3.05) is 18.5 Å². The van der Waals surface area contributed by atoms with Gasteiger partial charge in [-0.15, -0.1) is 0 Å². The van der Waals surface area contributed by atoms with E-state index >= 15 is 0 Å². The smallest absolute Gasteiger partial charge is 0.226 e. The van der Waals surface area contributed by atoms with Crippen LogP contribution in [-0.2, 0) is 20.9 Å². The van der Waals surface area contributed by atoms with Crippen molar-refractivity contribution in [3.05, 3.63) is 60.4 Å². The number of benzene rings is 1. The summed E-state index contributed by atoms with van der Waals surface area (Å²) in [7, 11) is 0. The van der Waals surface area contributed by atoms with Crippen molar-refractivity contribution in [1.29, 1.82) is 0 Å². The molecule has 0 bridgehead atoms. The molecule has 1 heterocycles. The van der Waals surface area contributed by atoms with Crippen LogP contribution in [-0.4, -0.2) is 29.9 Å². The van der Waals surface area contributed by atoms with E-state index in [4.69, 9.17) is 4.74 Å². The molecule has 0 fully saturated rings. The van der Waals surface area contributed by atoms with Gasteiger partial charge in [0.25, 0.3) is 0 Å². The fourth-order valence-electron chi connectivity index (χ4n) is 2.16. The summed E-state index contributed by atoms with van der Waals surface area (Å²) in [4.78, 5) is 27.3. The van der Waals surface area contributed by atoms with Gasteiger partial charge in [-0.25, -0.2) is 0 Å². The molecule has 132 valence electrons. The number of carbonyl (C=O) groups is 2. The van der Waals surface area contributed by atoms with E-state index in [0.29, 0.717) is 38.3 Å². The molecule has 0 saturated heterocycles. The maximum atomic E-state index is 11.7. The quantitative estimate of drug-likeness (QED) is 0.651. The van der Waals surface area contributed by atoms with Crippen molar-refractivity contribution in [3.8, 4) is 0 Å². The lowest BCUT2D eigenvalue weighted by atomic mass is 10.2. The number of hydrogen-bond acceptors (Lipinski definition) is 4. The van der Waals surface area contributed by atoms with E-state index in [2.05, 4.69) is 15.6 Å². The summed E-state index contributed by atoms with van der Waals surface area (Å²) in [6, 6.07) is 13.4. The molecule has 2 rings (SSSR count). The number of pyridine rings is 1. The van der Waals surface area contributed by atoms with Crippen molar-refractivity contribution < 1.29 is 14.3 Å². The SMILES string of the molecule is O=C(CCCOCc1ccccc1)NCCC(=O)Nc1cccnc1. The van der Waals surface area contributed by atoms with Crippen LogP contribution >= 0.6 is 0 Å². The second kappa shape index (κ2) is 10.9. The van der Waals surface area contributed by atoms with Gasteiger partial charge in [0.15, 0.2) is 0 Å². The summed E-state index contributed by atoms with van der Waals surface area (Å²) in [5.74, 6) is -0.225. The zero-order chi connectivity index (χ0) is 17.7. The molecule has 0 aliphatic rings. The second-order valence-electron chi connectivity index (χ2n) is 5.53. The minimum Gasteiger partial charge on any atom is -0.377 e. The Morgan fingerprint density at radius 1 is 1.00 bits per heavy atom. The fourth-order valence-corrected chi connectivity index (χ4v) is 2.16. The van der Waals surface area contributed by atoms with Crippen molar-refractivity contribution >= 4 is 17.5 Å². The Morgan fingerprint density at radius 3 is 2.60 bits per heavy atom. The Hall–Kier alpha value is -2.73. The number of aromatic nitrogens is 1. The van der Waals surface area contributed by atoms with E-state index in [0.717, 1.165) is 5.56 Å². The Labute approximate surface area is 147 Å². The third-order valence-corrected chi connectivity index (χ3v) is 3.42. The average Bonchev–Trinajstić information content (AvgIpc) is 2.63. The number of nitrogens with zero attached hydrogens (tertiary/aromatic N) is 1. The molecule has 1 aromatic carbocycles. The first-order chi connectivity index (χ1) is 12.2. The molecule has 0 radical (unpaired) electrons. The Bertz CT molecular complexity index is 647. The molecule has 0 aliphatic heterocycles. The van der Waals surface area contributed by atoms with Gasteiger partial charge in [0.2, 0.25) is 11.8 Å². The van der Waals surface area contributed by atoms with Crippen LogP contribution in [0.15, 0.2) is 54.9 Å². The predicted molar refractivity (Wildman–Crippen MR) is 95.8 cm³/mol. The molecular weight excluding hydrogens is 318 g/mol. The molecule has 6 heteroatoms. The van der Waals surface area contributed by atoms with Gasteiger partial charge < -0.3 is 15.4 Å². The molecule has 0 aliphatic carbocycles. The fraction of sp³-hybridized carbons (Fsp3) is 0.316. The zero-order valence-corrected chi connectivity index (χ0v) is 14.1. The maximum absolute atomic E-state index is 11.7. The second-order valence-corrected chi connectivity index (χ2v) is 5.53. The highest BCUT2D eigenvalue weighted by atomic mass is 16.5. The highest BCUT2D eigenvalue weighted by molar-refractivity contribution is 5.90. The predicted octanol–water partition coefficient (Wildman–Crippen LogP) is 2.52. The van der Waals surface area contributed by atoms with Crippen molar-refractivity contribution in [2.45, 2.75) is 25.9 Å². The third-order valence-electron chi connectivity index (χ3n) is 3.42. The zero-order valence-electron chi connectivity index (χ0n) is 14.1. The van der Waals surface area contributed by atoms with Crippen molar-refractivity contribution in [2.24, 2.45) is 0 Å². The summed E-state index contributed by atoms with van der Waals surface area (Å²) in [5, 5.41) is 5.46. The van der Waals surface area contributed by atoms with Crippen LogP contribution < -0.4 is 10.6 Å². The first-order valence-electron chi connectivity index (χ1n) is 8.32. The van der Waals surface area contributed by atoms with Crippen LogP contribution in [0.3, 0.4) is 0 Å². The summed E-state index contributed by atoms with van der Waals surface area (Å²) < 4.78 is 5.53. The number of carbonyl (C=O) groups excluding carboxylic acids is 2. The lowest BCUT2D eigenvalue weighted by Crippen LogP contribution is -2.27. The molecule has 0 unspecified atom stereocenters. The molecule has 2 aromatic rings. The number of anilines is 1. The lowest BCUT2D eigenvalue weighted by molar-refractivity contribution is -0.121. The van der Waals surface area contributed by atoms with E-state index in [1.54, 1.807) is 24.5 Å². The topological polar surface area (TPSA) is 80.3 Å². The molecular formula is C19H23N3O3. The largest absolute Gasteiger partial charge is 0.377 e. The Morgan fingerprint density at radius 2 is 1.84 bits per heavy atom. The molecule has 0 atom stereocenters. The van der Waals surface area contributed by atoms with Gasteiger partial charge in [0.1, 0.15) is 0 Å². The van der Waals surface area contributed by atoms with Crippen LogP contribution in [0.5, 0.6) is 0 Å². The van der Waals surface area contributed by atoms with E-state index in [1.807, 2.05) is 30.3 Å². The number of hydrogen-bond donors (Lipinski definition) is 2. The van der Waals surface area contributed by atoms with E-state index < -0.39 is 0 Å². The molecule has 6 nitrogen and oxygen atoms in total. The number of nitrogens with one attached hydrogen (secondary N) is 2. The van der Waals surface area contributed by atoms with Gasteiger partial charge in [-0.1, -0.05) is 30.3 Å². The summed E-state index contributed by atoms with van der Waals surface area (Å²) in [6.45, 7) is 1.40. The number of ether oxygens (including phenoxy) is 1. The maximum Gasteiger partial charge on any atom is 0.226 e. The number of rotatable bonds is 10. The highest BCUT2D eigenvalue weighted by Crippen LogP contribution is 2.03. The first kappa shape index (κ1) is 18.6. The van der Waals surface area contributed by atoms with Crippen LogP contribution in [0.2, 0.25) is 0 Å². The highest BCUT2D eigenvalue weighted by Gasteiger charge is 2.05. The van der Waals surface area contributed by atoms with Crippen LogP contribution in [0.4, 0.5) is 5.69 Å². The van der Waals surface area contributed by atoms with Crippen LogP contribution in [0.1, 0.15) is 24.8 Å². The Kier molecular flexibility index (Phi) is 8.14. The third kappa shape index (κ3) is 8.08. The van der Waals surface area contributed by atoms with Gasteiger partial charge in [-0.2, -0.15) is 0 Å². The van der Waals surface area contributed by atoms with Crippen molar-refractivity contribution in [3.63, 3.8) is 0 Å². The van der Waals surface area contributed by atoms with Gasteiger partial charge in [-0.3, -0.25) is 14.6 Å². The molecule has 0 spiro atoms. The molecule has 2 amide bonds. The van der Waals surface area contributed by atoms with Crippen LogP contribution in [0, 0.1) is 0 Å². The minimum absolute atomic E-state index is 0.0718. The average molecular weight is 341 g/mol. The van der Waals surface area contributed by atoms with Crippen LogP contribution in [0.25, 0.3) is 0 Å². The normalized spacial score (nSPS) is 10.2. The van der Waals surface area contributed by atoms with Gasteiger partial charge in [-0.05, 0) is 24.1 Å². The molecule has 1 aromatic heterocycles. The van der Waals surface area contributed by atoms with E-state index in [1.165, 1.54) is 0 Å². The standard InChI is InChI=1S/C19H23N3O3/c23-18(9-5-13-25-15-16-6-2-1-3-7-16)21-12-10-19(24)22-17-8-4-11-20-14-17/h1-4,6-8,11,14H,5,9-10,12-13,15H2,(H,21,23)(H,22,24). The molecule has 25 heavy (non-hydrogen) atoms. The number of amides is 2. The molecule has 0 saturated carbocycles. The van der Waals surface area contributed by atoms with Gasteiger partial charge in [0, 0.05) is 32.2 Å². The lowest BCUT2D eigenvalue weighted by Gasteiger charge is -2.07. The van der Waals surface area contributed by atoms with E-state index in [9.17, 15) is 9.59 Å². The minimum atomic E-state index is -0.153. The molecule has 2 N–H and O–H groups in total.